The van der Waals surface area contributed by atoms with Gasteiger partial charge in [-0.25, -0.2) is 9.13 Å². The van der Waals surface area contributed by atoms with Crippen molar-refractivity contribution in [3.63, 3.8) is 0 Å². The summed E-state index contributed by atoms with van der Waals surface area (Å²) in [7, 11) is -9.89. The molecule has 0 bridgehead atoms. The molecule has 0 spiro atoms. The van der Waals surface area contributed by atoms with Crippen molar-refractivity contribution in [3.05, 3.63) is 0 Å². The SMILES string of the molecule is CCCCCCCCCCCCCCCCCCC(=O)OC[C@H](COP(=O)(O)OC[C@@H](O)COP(=O)(O)OC[C@@H](COC(=O)CCCCCCC)OC(=O)CCCCCCCCCCCC)OC(=O)CCCCCCCCCCCCCCCCC(C)C. The number of phosphoric acid groups is 2. The molecule has 2 unspecified atom stereocenters. The van der Waals surface area contributed by atoms with Crippen LogP contribution in [-0.4, -0.2) is 96.7 Å². The number of carbonyl (C=O) groups is 4. The fourth-order valence-electron chi connectivity index (χ4n) is 10.5. The van der Waals surface area contributed by atoms with Crippen LogP contribution in [0.1, 0.15) is 356 Å². The highest BCUT2D eigenvalue weighted by atomic mass is 31.2. The Balaban J connectivity index is 5.15. The fraction of sp³-hybridized carbons (Fsp3) is 0.942. The molecule has 0 aromatic carbocycles. The first kappa shape index (κ1) is 86.1. The molecule has 0 aliphatic carbocycles. The van der Waals surface area contributed by atoms with Gasteiger partial charge in [0.1, 0.15) is 19.3 Å². The topological polar surface area (TPSA) is 237 Å². The average molecular weight is 1300 g/mol. The number of carbonyl (C=O) groups excluding carboxylic acids is 4. The van der Waals surface area contributed by atoms with Crippen molar-refractivity contribution < 1.29 is 80.2 Å². The van der Waals surface area contributed by atoms with E-state index in [0.29, 0.717) is 25.7 Å². The van der Waals surface area contributed by atoms with Crippen LogP contribution in [0.4, 0.5) is 0 Å². The summed E-state index contributed by atoms with van der Waals surface area (Å²) in [6.07, 6.45) is 48.9. The summed E-state index contributed by atoms with van der Waals surface area (Å²) in [5, 5.41) is 10.5. The van der Waals surface area contributed by atoms with Crippen molar-refractivity contribution in [2.24, 2.45) is 5.92 Å². The van der Waals surface area contributed by atoms with Crippen molar-refractivity contribution >= 4 is 39.5 Å². The highest BCUT2D eigenvalue weighted by molar-refractivity contribution is 7.47. The number of rotatable bonds is 69. The minimum absolute atomic E-state index is 0.106. The lowest BCUT2D eigenvalue weighted by molar-refractivity contribution is -0.161. The molecule has 0 rings (SSSR count). The summed E-state index contributed by atoms with van der Waals surface area (Å²) in [5.74, 6) is -1.34. The molecular formula is C69H134O17P2. The summed E-state index contributed by atoms with van der Waals surface area (Å²) in [5.41, 5.74) is 0. The van der Waals surface area contributed by atoms with Gasteiger partial charge in [-0.2, -0.15) is 0 Å². The molecule has 0 aromatic heterocycles. The number of hydrogen-bond acceptors (Lipinski definition) is 15. The third-order valence-corrected chi connectivity index (χ3v) is 17.9. The Hall–Kier alpha value is -1.94. The van der Waals surface area contributed by atoms with Crippen molar-refractivity contribution in [2.75, 3.05) is 39.6 Å². The molecule has 3 N–H and O–H groups in total. The van der Waals surface area contributed by atoms with Crippen LogP contribution >= 0.6 is 15.6 Å². The van der Waals surface area contributed by atoms with E-state index in [2.05, 4.69) is 34.6 Å². The van der Waals surface area contributed by atoms with Crippen molar-refractivity contribution in [2.45, 2.75) is 374 Å². The van der Waals surface area contributed by atoms with Gasteiger partial charge in [0.25, 0.3) is 0 Å². The Labute approximate surface area is 537 Å². The smallest absolute Gasteiger partial charge is 0.462 e. The van der Waals surface area contributed by atoms with Gasteiger partial charge in [-0.15, -0.1) is 0 Å². The molecule has 0 aromatic rings. The lowest BCUT2D eigenvalue weighted by Crippen LogP contribution is -2.30. The number of aliphatic hydroxyl groups excluding tert-OH is 1. The Bertz CT molecular complexity index is 1700. The molecule has 0 heterocycles. The number of ether oxygens (including phenoxy) is 4. The van der Waals surface area contributed by atoms with Gasteiger partial charge in [0.15, 0.2) is 12.2 Å². The zero-order valence-corrected chi connectivity index (χ0v) is 58.6. The van der Waals surface area contributed by atoms with Crippen LogP contribution in [0.15, 0.2) is 0 Å². The standard InChI is InChI=1S/C69H134O17P2/c1-6-9-12-15-17-19-21-22-23-24-28-31-35-38-43-48-53-67(72)80-59-65(86-69(74)55-50-45-40-36-32-29-26-25-27-30-33-37-42-46-51-62(4)5)61-84-88(77,78)82-57-63(70)56-81-87(75,76)83-60-64(58-79-66(71)52-47-41-14-11-8-3)85-68(73)54-49-44-39-34-20-18-16-13-10-7-2/h62-65,70H,6-61H2,1-5H3,(H,75,76)(H,77,78)/t63-,64+,65+/m0/s1. The predicted octanol–water partition coefficient (Wildman–Crippen LogP) is 19.7. The van der Waals surface area contributed by atoms with Gasteiger partial charge in [-0.3, -0.25) is 37.3 Å². The number of hydrogen-bond donors (Lipinski definition) is 3. The van der Waals surface area contributed by atoms with Gasteiger partial charge in [-0.1, -0.05) is 304 Å². The van der Waals surface area contributed by atoms with Gasteiger partial charge in [-0.05, 0) is 31.6 Å². The Morgan fingerprint density at radius 2 is 0.523 bits per heavy atom. The molecule has 522 valence electrons. The van der Waals surface area contributed by atoms with Gasteiger partial charge in [0.05, 0.1) is 26.4 Å². The Morgan fingerprint density at radius 3 is 0.773 bits per heavy atom. The van der Waals surface area contributed by atoms with E-state index in [1.165, 1.54) is 173 Å². The summed E-state index contributed by atoms with van der Waals surface area (Å²) < 4.78 is 68.0. The maximum absolute atomic E-state index is 13.0. The number of esters is 4. The Morgan fingerprint density at radius 1 is 0.307 bits per heavy atom. The third-order valence-electron chi connectivity index (χ3n) is 16.0. The van der Waals surface area contributed by atoms with Crippen molar-refractivity contribution in [3.8, 4) is 0 Å². The van der Waals surface area contributed by atoms with Crippen molar-refractivity contribution in [1.29, 1.82) is 0 Å². The molecule has 0 fully saturated rings. The van der Waals surface area contributed by atoms with E-state index in [1.54, 1.807) is 0 Å². The van der Waals surface area contributed by atoms with Crippen LogP contribution in [0.25, 0.3) is 0 Å². The highest BCUT2D eigenvalue weighted by Crippen LogP contribution is 2.45. The molecule has 0 amide bonds. The number of aliphatic hydroxyl groups is 1. The van der Waals surface area contributed by atoms with Crippen LogP contribution in [0, 0.1) is 5.92 Å². The first-order valence-corrected chi connectivity index (χ1v) is 39.1. The van der Waals surface area contributed by atoms with E-state index < -0.39 is 97.5 Å². The maximum atomic E-state index is 13.0. The zero-order chi connectivity index (χ0) is 64.9. The Kier molecular flexibility index (Phi) is 61.1. The van der Waals surface area contributed by atoms with Gasteiger partial charge < -0.3 is 33.8 Å². The first-order chi connectivity index (χ1) is 42.5. The van der Waals surface area contributed by atoms with E-state index >= 15 is 0 Å². The van der Waals surface area contributed by atoms with Crippen LogP contribution < -0.4 is 0 Å². The van der Waals surface area contributed by atoms with Crippen molar-refractivity contribution in [1.82, 2.24) is 0 Å². The summed E-state index contributed by atoms with van der Waals surface area (Å²) >= 11 is 0. The maximum Gasteiger partial charge on any atom is 0.472 e. The van der Waals surface area contributed by atoms with Gasteiger partial charge >= 0.3 is 39.5 Å². The van der Waals surface area contributed by atoms with E-state index in [4.69, 9.17) is 37.0 Å². The zero-order valence-electron chi connectivity index (χ0n) is 56.9. The second-order valence-corrected chi connectivity index (χ2v) is 28.3. The van der Waals surface area contributed by atoms with E-state index in [-0.39, 0.29) is 25.7 Å². The molecule has 17 nitrogen and oxygen atoms in total. The van der Waals surface area contributed by atoms with Crippen LogP contribution in [0.3, 0.4) is 0 Å². The quantitative estimate of drug-likeness (QED) is 0.0222. The second-order valence-electron chi connectivity index (χ2n) is 25.4. The normalized spacial score (nSPS) is 14.1. The first-order valence-electron chi connectivity index (χ1n) is 36.1. The predicted molar refractivity (Wildman–Crippen MR) is 354 cm³/mol. The molecule has 88 heavy (non-hydrogen) atoms. The molecule has 0 aliphatic rings. The van der Waals surface area contributed by atoms with Gasteiger partial charge in [0, 0.05) is 25.7 Å². The number of unbranched alkanes of at least 4 members (excludes halogenated alkanes) is 41. The lowest BCUT2D eigenvalue weighted by Gasteiger charge is -2.21. The van der Waals surface area contributed by atoms with Gasteiger partial charge in [0.2, 0.25) is 0 Å². The molecule has 5 atom stereocenters. The van der Waals surface area contributed by atoms with Crippen LogP contribution in [0.2, 0.25) is 0 Å². The second kappa shape index (κ2) is 62.5. The van der Waals surface area contributed by atoms with Crippen LogP contribution in [-0.2, 0) is 65.4 Å². The van der Waals surface area contributed by atoms with Crippen LogP contribution in [0.5, 0.6) is 0 Å². The highest BCUT2D eigenvalue weighted by Gasteiger charge is 2.30. The largest absolute Gasteiger partial charge is 0.472 e. The molecule has 0 saturated carbocycles. The minimum atomic E-state index is -4.95. The summed E-state index contributed by atoms with van der Waals surface area (Å²) in [4.78, 5) is 72.2. The summed E-state index contributed by atoms with van der Waals surface area (Å²) in [6.45, 7) is 7.17. The lowest BCUT2D eigenvalue weighted by atomic mass is 10.0. The van der Waals surface area contributed by atoms with E-state index in [0.717, 1.165) is 102 Å². The summed E-state index contributed by atoms with van der Waals surface area (Å²) in [6, 6.07) is 0. The fourth-order valence-corrected chi connectivity index (χ4v) is 12.0. The molecular weight excluding hydrogens is 1160 g/mol. The monoisotopic (exact) mass is 1300 g/mol. The molecule has 0 aliphatic heterocycles. The van der Waals surface area contributed by atoms with E-state index in [9.17, 15) is 43.2 Å². The number of phosphoric ester groups is 2. The average Bonchev–Trinajstić information content (AvgIpc) is 3.70. The minimum Gasteiger partial charge on any atom is -0.462 e. The molecule has 0 saturated heterocycles. The molecule has 0 radical (unpaired) electrons. The molecule has 19 heteroatoms. The van der Waals surface area contributed by atoms with E-state index in [1.807, 2.05) is 0 Å². The third kappa shape index (κ3) is 62.8.